The van der Waals surface area contributed by atoms with Crippen molar-refractivity contribution in [1.29, 1.82) is 0 Å². The SMILES string of the molecule is C[C@@H]1CCc2c(sc3ncnc(N(C)Cc4nnc5ccccn45)c23)C1. The van der Waals surface area contributed by atoms with Gasteiger partial charge in [-0.25, -0.2) is 9.97 Å². The lowest BCUT2D eigenvalue weighted by atomic mass is 9.89. The second kappa shape index (κ2) is 6.02. The van der Waals surface area contributed by atoms with Crippen molar-refractivity contribution in [3.05, 3.63) is 47.0 Å². The standard InChI is InChI=1S/C19H20N6S/c1-12-6-7-13-14(9-12)26-19-17(13)18(20-11-21-19)24(2)10-16-23-22-15-5-3-4-8-25(15)16/h3-5,8,11-12H,6-7,9-10H2,1-2H3/t12-/m1/s1. The number of anilines is 1. The Hall–Kier alpha value is -2.54. The summed E-state index contributed by atoms with van der Waals surface area (Å²) in [6.07, 6.45) is 7.21. The maximum atomic E-state index is 4.63. The van der Waals surface area contributed by atoms with E-state index < -0.39 is 0 Å². The van der Waals surface area contributed by atoms with Crippen LogP contribution >= 0.6 is 11.3 Å². The lowest BCUT2D eigenvalue weighted by Gasteiger charge is -2.21. The molecule has 0 radical (unpaired) electrons. The number of aromatic nitrogens is 5. The highest BCUT2D eigenvalue weighted by Gasteiger charge is 2.24. The Morgan fingerprint density at radius 3 is 3.12 bits per heavy atom. The van der Waals surface area contributed by atoms with Crippen LogP contribution in [0.5, 0.6) is 0 Å². The second-order valence-corrected chi connectivity index (χ2v) is 8.21. The van der Waals surface area contributed by atoms with Crippen LogP contribution in [0.15, 0.2) is 30.7 Å². The van der Waals surface area contributed by atoms with Crippen LogP contribution in [-0.4, -0.2) is 31.6 Å². The lowest BCUT2D eigenvalue weighted by Crippen LogP contribution is -2.20. The number of rotatable bonds is 3. The topological polar surface area (TPSA) is 59.2 Å². The first-order chi connectivity index (χ1) is 12.7. The number of nitrogens with zero attached hydrogens (tertiary/aromatic N) is 6. The van der Waals surface area contributed by atoms with Crippen LogP contribution in [0.25, 0.3) is 15.9 Å². The molecule has 0 saturated heterocycles. The Morgan fingerprint density at radius 2 is 2.19 bits per heavy atom. The van der Waals surface area contributed by atoms with Crippen molar-refractivity contribution in [3.8, 4) is 0 Å². The van der Waals surface area contributed by atoms with Gasteiger partial charge in [-0.3, -0.25) is 4.40 Å². The van der Waals surface area contributed by atoms with Gasteiger partial charge in [0.1, 0.15) is 17.0 Å². The van der Waals surface area contributed by atoms with Crippen LogP contribution in [0.1, 0.15) is 29.6 Å². The van der Waals surface area contributed by atoms with Crippen LogP contribution in [0.4, 0.5) is 5.82 Å². The third-order valence-corrected chi connectivity index (χ3v) is 6.36. The summed E-state index contributed by atoms with van der Waals surface area (Å²) in [4.78, 5) is 13.9. The molecular formula is C19H20N6S. The fraction of sp³-hybridized carbons (Fsp3) is 0.368. The molecular weight excluding hydrogens is 344 g/mol. The smallest absolute Gasteiger partial charge is 0.160 e. The monoisotopic (exact) mass is 364 g/mol. The summed E-state index contributed by atoms with van der Waals surface area (Å²) >= 11 is 1.83. The number of fused-ring (bicyclic) bond motifs is 4. The summed E-state index contributed by atoms with van der Waals surface area (Å²) in [6, 6.07) is 5.94. The Labute approximate surface area is 155 Å². The fourth-order valence-electron chi connectivity index (χ4n) is 3.83. The van der Waals surface area contributed by atoms with Gasteiger partial charge in [-0.15, -0.1) is 21.5 Å². The molecule has 0 bridgehead atoms. The van der Waals surface area contributed by atoms with Crippen LogP contribution in [0.2, 0.25) is 0 Å². The van der Waals surface area contributed by atoms with Crippen LogP contribution in [-0.2, 0) is 19.4 Å². The molecule has 5 rings (SSSR count). The van der Waals surface area contributed by atoms with E-state index >= 15 is 0 Å². The Bertz CT molecular complexity index is 1100. The highest BCUT2D eigenvalue weighted by molar-refractivity contribution is 7.19. The Balaban J connectivity index is 1.56. The van der Waals surface area contributed by atoms with Crippen molar-refractivity contribution in [2.45, 2.75) is 32.7 Å². The van der Waals surface area contributed by atoms with Crippen molar-refractivity contribution in [1.82, 2.24) is 24.6 Å². The number of thiophene rings is 1. The van der Waals surface area contributed by atoms with E-state index in [1.54, 1.807) is 6.33 Å². The molecule has 0 amide bonds. The first kappa shape index (κ1) is 15.7. The van der Waals surface area contributed by atoms with Crippen molar-refractivity contribution < 1.29 is 0 Å². The average molecular weight is 364 g/mol. The van der Waals surface area contributed by atoms with E-state index in [1.165, 1.54) is 22.2 Å². The zero-order valence-electron chi connectivity index (χ0n) is 14.9. The van der Waals surface area contributed by atoms with Gasteiger partial charge in [0.2, 0.25) is 0 Å². The van der Waals surface area contributed by atoms with Gasteiger partial charge in [0, 0.05) is 18.1 Å². The molecule has 0 unspecified atom stereocenters. The molecule has 1 atom stereocenters. The third-order valence-electron chi connectivity index (χ3n) is 5.20. The largest absolute Gasteiger partial charge is 0.351 e. The van der Waals surface area contributed by atoms with Gasteiger partial charge in [-0.2, -0.15) is 0 Å². The molecule has 4 aromatic heterocycles. The minimum atomic E-state index is 0.651. The Morgan fingerprint density at radius 1 is 1.27 bits per heavy atom. The van der Waals surface area contributed by atoms with Gasteiger partial charge in [0.25, 0.3) is 0 Å². The lowest BCUT2D eigenvalue weighted by molar-refractivity contribution is 0.509. The van der Waals surface area contributed by atoms with Crippen molar-refractivity contribution in [3.63, 3.8) is 0 Å². The molecule has 0 fully saturated rings. The molecule has 0 N–H and O–H groups in total. The molecule has 0 saturated carbocycles. The maximum absolute atomic E-state index is 4.63. The number of pyridine rings is 1. The van der Waals surface area contributed by atoms with Crippen LogP contribution in [0, 0.1) is 5.92 Å². The first-order valence-electron chi connectivity index (χ1n) is 8.95. The van der Waals surface area contributed by atoms with Crippen molar-refractivity contribution in [2.24, 2.45) is 5.92 Å². The highest BCUT2D eigenvalue weighted by Crippen LogP contribution is 2.40. The predicted molar refractivity (Wildman–Crippen MR) is 104 cm³/mol. The number of aryl methyl sites for hydroxylation is 1. The third kappa shape index (κ3) is 2.46. The minimum absolute atomic E-state index is 0.651. The summed E-state index contributed by atoms with van der Waals surface area (Å²) in [5.41, 5.74) is 2.32. The van der Waals surface area contributed by atoms with E-state index in [-0.39, 0.29) is 0 Å². The van der Waals surface area contributed by atoms with Gasteiger partial charge in [-0.05, 0) is 42.9 Å². The number of hydrogen-bond donors (Lipinski definition) is 0. The molecule has 7 heteroatoms. The van der Waals surface area contributed by atoms with Gasteiger partial charge >= 0.3 is 0 Å². The van der Waals surface area contributed by atoms with E-state index in [0.29, 0.717) is 6.54 Å². The molecule has 4 heterocycles. The van der Waals surface area contributed by atoms with Gasteiger partial charge in [-0.1, -0.05) is 13.0 Å². The molecule has 0 spiro atoms. The fourth-order valence-corrected chi connectivity index (χ4v) is 5.18. The van der Waals surface area contributed by atoms with E-state index in [9.17, 15) is 0 Å². The molecule has 26 heavy (non-hydrogen) atoms. The first-order valence-corrected chi connectivity index (χ1v) is 9.77. The molecule has 1 aliphatic rings. The van der Waals surface area contributed by atoms with Gasteiger partial charge in [0.15, 0.2) is 11.5 Å². The van der Waals surface area contributed by atoms with E-state index in [4.69, 9.17) is 0 Å². The summed E-state index contributed by atoms with van der Waals surface area (Å²) < 4.78 is 2.03. The summed E-state index contributed by atoms with van der Waals surface area (Å²) in [5, 5.41) is 9.84. The zero-order chi connectivity index (χ0) is 17.7. The average Bonchev–Trinajstić information content (AvgIpc) is 3.22. The molecule has 6 nitrogen and oxygen atoms in total. The quantitative estimate of drug-likeness (QED) is 0.557. The van der Waals surface area contributed by atoms with Gasteiger partial charge in [0.05, 0.1) is 11.9 Å². The summed E-state index contributed by atoms with van der Waals surface area (Å²) in [7, 11) is 2.07. The van der Waals surface area contributed by atoms with E-state index in [0.717, 1.165) is 40.9 Å². The summed E-state index contributed by atoms with van der Waals surface area (Å²) in [6.45, 7) is 2.99. The minimum Gasteiger partial charge on any atom is -0.351 e. The molecule has 4 aromatic rings. The Kier molecular flexibility index (Phi) is 3.63. The second-order valence-electron chi connectivity index (χ2n) is 7.13. The van der Waals surface area contributed by atoms with Crippen LogP contribution < -0.4 is 4.90 Å². The van der Waals surface area contributed by atoms with E-state index in [2.05, 4.69) is 39.0 Å². The normalized spacial score (nSPS) is 16.9. The molecule has 1 aliphatic carbocycles. The van der Waals surface area contributed by atoms with E-state index in [1.807, 2.05) is 40.1 Å². The van der Waals surface area contributed by atoms with Crippen LogP contribution in [0.3, 0.4) is 0 Å². The van der Waals surface area contributed by atoms with Crippen molar-refractivity contribution >= 4 is 33.0 Å². The summed E-state index contributed by atoms with van der Waals surface area (Å²) in [5.74, 6) is 2.66. The zero-order valence-corrected chi connectivity index (χ0v) is 15.7. The van der Waals surface area contributed by atoms with Gasteiger partial charge < -0.3 is 4.90 Å². The number of hydrogen-bond acceptors (Lipinski definition) is 6. The predicted octanol–water partition coefficient (Wildman–Crippen LogP) is 3.50. The van der Waals surface area contributed by atoms with Crippen molar-refractivity contribution in [2.75, 3.05) is 11.9 Å². The highest BCUT2D eigenvalue weighted by atomic mass is 32.1. The maximum Gasteiger partial charge on any atom is 0.160 e. The molecule has 0 aliphatic heterocycles. The molecule has 132 valence electrons. The molecule has 0 aromatic carbocycles.